The highest BCUT2D eigenvalue weighted by atomic mass is 16.5. The first kappa shape index (κ1) is 13.8. The highest BCUT2D eigenvalue weighted by Gasteiger charge is 2.37. The number of carbonyl (C=O) groups is 1. The van der Waals surface area contributed by atoms with Gasteiger partial charge in [-0.05, 0) is 19.1 Å². The van der Waals surface area contributed by atoms with Gasteiger partial charge in [0.1, 0.15) is 11.3 Å². The summed E-state index contributed by atoms with van der Waals surface area (Å²) in [5.41, 5.74) is 0.910. The van der Waals surface area contributed by atoms with E-state index in [1.807, 2.05) is 26.2 Å². The predicted molar refractivity (Wildman–Crippen MR) is 76.7 cm³/mol. The van der Waals surface area contributed by atoms with Crippen LogP contribution < -0.4 is 0 Å². The molecule has 0 aliphatic carbocycles. The van der Waals surface area contributed by atoms with Crippen molar-refractivity contribution in [3.8, 4) is 0 Å². The molecule has 1 saturated heterocycles. The largest absolute Gasteiger partial charge is 0.367 e. The highest BCUT2D eigenvalue weighted by molar-refractivity contribution is 5.92. The maximum atomic E-state index is 12.5. The van der Waals surface area contributed by atoms with E-state index in [1.165, 1.54) is 0 Å². The molecule has 0 unspecified atom stereocenters. The van der Waals surface area contributed by atoms with Gasteiger partial charge in [-0.25, -0.2) is 0 Å². The van der Waals surface area contributed by atoms with Crippen molar-refractivity contribution in [2.24, 2.45) is 7.05 Å². The summed E-state index contributed by atoms with van der Waals surface area (Å²) in [5, 5.41) is 4.19. The molecule has 1 atom stereocenters. The second-order valence-corrected chi connectivity index (χ2v) is 5.42. The van der Waals surface area contributed by atoms with Crippen molar-refractivity contribution in [2.45, 2.75) is 12.5 Å². The molecular weight excluding hydrogens is 268 g/mol. The first-order valence-corrected chi connectivity index (χ1v) is 6.92. The Labute approximate surface area is 123 Å². The predicted octanol–water partition coefficient (Wildman–Crippen LogP) is 1.20. The van der Waals surface area contributed by atoms with Crippen LogP contribution in [0.3, 0.4) is 0 Å². The molecule has 0 spiro atoms. The zero-order valence-electron chi connectivity index (χ0n) is 12.2. The van der Waals surface area contributed by atoms with Crippen LogP contribution in [0.25, 0.3) is 0 Å². The number of pyridine rings is 1. The first-order valence-electron chi connectivity index (χ1n) is 6.92. The molecule has 110 valence electrons. The minimum absolute atomic E-state index is 0.0611. The van der Waals surface area contributed by atoms with E-state index in [0.717, 1.165) is 5.56 Å². The van der Waals surface area contributed by atoms with Crippen molar-refractivity contribution in [1.29, 1.82) is 0 Å². The van der Waals surface area contributed by atoms with Crippen LogP contribution in [-0.4, -0.2) is 45.3 Å². The van der Waals surface area contributed by atoms with E-state index in [2.05, 4.69) is 10.1 Å². The van der Waals surface area contributed by atoms with E-state index in [4.69, 9.17) is 4.74 Å². The number of amides is 1. The Kier molecular flexibility index (Phi) is 3.47. The topological polar surface area (TPSA) is 60.2 Å². The number of nitrogens with zero attached hydrogens (tertiary/aromatic N) is 4. The van der Waals surface area contributed by atoms with E-state index in [1.54, 1.807) is 34.1 Å². The normalized spacial score (nSPS) is 22.3. The molecule has 1 amide bonds. The Morgan fingerprint density at radius 3 is 2.95 bits per heavy atom. The van der Waals surface area contributed by atoms with Crippen LogP contribution in [0, 0.1) is 0 Å². The van der Waals surface area contributed by atoms with Crippen molar-refractivity contribution in [2.75, 3.05) is 19.7 Å². The zero-order valence-corrected chi connectivity index (χ0v) is 12.2. The SMILES string of the molecule is Cn1cc([C@]2(C)CN(C(=O)c3ccccn3)CCO2)cn1. The van der Waals surface area contributed by atoms with Crippen molar-refractivity contribution >= 4 is 5.91 Å². The van der Waals surface area contributed by atoms with Gasteiger partial charge in [0.15, 0.2) is 0 Å². The van der Waals surface area contributed by atoms with Crippen molar-refractivity contribution in [1.82, 2.24) is 19.7 Å². The van der Waals surface area contributed by atoms with Crippen molar-refractivity contribution < 1.29 is 9.53 Å². The summed E-state index contributed by atoms with van der Waals surface area (Å²) in [6.45, 7) is 3.56. The Morgan fingerprint density at radius 2 is 2.29 bits per heavy atom. The molecule has 1 aliphatic rings. The number of ether oxygens (including phenoxy) is 1. The molecule has 2 aromatic rings. The number of hydrogen-bond donors (Lipinski definition) is 0. The van der Waals surface area contributed by atoms with Crippen LogP contribution >= 0.6 is 0 Å². The fourth-order valence-corrected chi connectivity index (χ4v) is 2.56. The smallest absolute Gasteiger partial charge is 0.272 e. The third-order valence-corrected chi connectivity index (χ3v) is 3.76. The maximum Gasteiger partial charge on any atom is 0.272 e. The second kappa shape index (κ2) is 5.29. The minimum atomic E-state index is -0.531. The summed E-state index contributed by atoms with van der Waals surface area (Å²) in [5.74, 6) is -0.0611. The van der Waals surface area contributed by atoms with Gasteiger partial charge in [-0.2, -0.15) is 5.10 Å². The molecule has 0 aromatic carbocycles. The molecule has 6 heteroatoms. The molecule has 0 radical (unpaired) electrons. The third kappa shape index (κ3) is 2.67. The number of hydrogen-bond acceptors (Lipinski definition) is 4. The van der Waals surface area contributed by atoms with Gasteiger partial charge in [0.05, 0.1) is 19.3 Å². The van der Waals surface area contributed by atoms with Crippen LogP contribution in [0.2, 0.25) is 0 Å². The van der Waals surface area contributed by atoms with Crippen LogP contribution in [0.1, 0.15) is 23.0 Å². The number of rotatable bonds is 2. The lowest BCUT2D eigenvalue weighted by Crippen LogP contribution is -2.50. The zero-order chi connectivity index (χ0) is 14.9. The number of aryl methyl sites for hydroxylation is 1. The molecule has 3 heterocycles. The van der Waals surface area contributed by atoms with Crippen LogP contribution in [-0.2, 0) is 17.4 Å². The number of aromatic nitrogens is 3. The monoisotopic (exact) mass is 286 g/mol. The summed E-state index contributed by atoms with van der Waals surface area (Å²) in [6.07, 6.45) is 5.34. The molecule has 1 aliphatic heterocycles. The average molecular weight is 286 g/mol. The van der Waals surface area contributed by atoms with Gasteiger partial charge < -0.3 is 9.64 Å². The lowest BCUT2D eigenvalue weighted by Gasteiger charge is -2.39. The lowest BCUT2D eigenvalue weighted by molar-refractivity contribution is -0.0932. The summed E-state index contributed by atoms with van der Waals surface area (Å²) >= 11 is 0. The number of carbonyl (C=O) groups excluding carboxylic acids is 1. The molecule has 2 aromatic heterocycles. The van der Waals surface area contributed by atoms with Gasteiger partial charge in [0, 0.05) is 31.5 Å². The van der Waals surface area contributed by atoms with E-state index in [0.29, 0.717) is 25.4 Å². The average Bonchev–Trinajstić information content (AvgIpc) is 2.95. The molecule has 0 N–H and O–H groups in total. The molecule has 0 bridgehead atoms. The molecular formula is C15H18N4O2. The van der Waals surface area contributed by atoms with Gasteiger partial charge in [-0.15, -0.1) is 0 Å². The van der Waals surface area contributed by atoms with Crippen LogP contribution in [0.4, 0.5) is 0 Å². The summed E-state index contributed by atoms with van der Waals surface area (Å²) in [7, 11) is 1.87. The Morgan fingerprint density at radius 1 is 1.43 bits per heavy atom. The lowest BCUT2D eigenvalue weighted by atomic mass is 9.97. The van der Waals surface area contributed by atoms with E-state index in [9.17, 15) is 4.79 Å². The standard InChI is InChI=1S/C15H18N4O2/c1-15(12-9-17-18(2)10-12)11-19(7-8-21-15)14(20)13-5-3-4-6-16-13/h3-6,9-10H,7-8,11H2,1-2H3/t15-/m0/s1. The molecule has 3 rings (SSSR count). The Hall–Kier alpha value is -2.21. The molecule has 0 saturated carbocycles. The molecule has 1 fully saturated rings. The fraction of sp³-hybridized carbons (Fsp3) is 0.400. The fourth-order valence-electron chi connectivity index (χ4n) is 2.56. The summed E-state index contributed by atoms with van der Waals surface area (Å²) in [6, 6.07) is 5.36. The van der Waals surface area contributed by atoms with Gasteiger partial charge >= 0.3 is 0 Å². The highest BCUT2D eigenvalue weighted by Crippen LogP contribution is 2.29. The van der Waals surface area contributed by atoms with E-state index >= 15 is 0 Å². The van der Waals surface area contributed by atoms with Gasteiger partial charge in [0.2, 0.25) is 0 Å². The van der Waals surface area contributed by atoms with Gasteiger partial charge in [-0.3, -0.25) is 14.5 Å². The van der Waals surface area contributed by atoms with Crippen LogP contribution in [0.15, 0.2) is 36.8 Å². The van der Waals surface area contributed by atoms with Crippen molar-refractivity contribution in [3.63, 3.8) is 0 Å². The second-order valence-electron chi connectivity index (χ2n) is 5.42. The van der Waals surface area contributed by atoms with E-state index < -0.39 is 5.60 Å². The minimum Gasteiger partial charge on any atom is -0.367 e. The first-order chi connectivity index (χ1) is 10.1. The summed E-state index contributed by atoms with van der Waals surface area (Å²) < 4.78 is 7.65. The number of morpholine rings is 1. The molecule has 21 heavy (non-hydrogen) atoms. The Bertz CT molecular complexity index is 640. The maximum absolute atomic E-state index is 12.5. The van der Waals surface area contributed by atoms with Gasteiger partial charge in [0.25, 0.3) is 5.91 Å². The van der Waals surface area contributed by atoms with Gasteiger partial charge in [-0.1, -0.05) is 6.07 Å². The quantitative estimate of drug-likeness (QED) is 0.832. The summed E-state index contributed by atoms with van der Waals surface area (Å²) in [4.78, 5) is 18.4. The van der Waals surface area contributed by atoms with Crippen molar-refractivity contribution in [3.05, 3.63) is 48.0 Å². The molecule has 6 nitrogen and oxygen atoms in total. The van der Waals surface area contributed by atoms with Crippen LogP contribution in [0.5, 0.6) is 0 Å². The Balaban J connectivity index is 1.81. The van der Waals surface area contributed by atoms with E-state index in [-0.39, 0.29) is 5.91 Å². The third-order valence-electron chi connectivity index (χ3n) is 3.76.